The highest BCUT2D eigenvalue weighted by Gasteiger charge is 2.50. The van der Waals surface area contributed by atoms with Crippen molar-refractivity contribution in [3.63, 3.8) is 0 Å². The Morgan fingerprint density at radius 2 is 1.92 bits per heavy atom. The van der Waals surface area contributed by atoms with E-state index in [1.54, 1.807) is 0 Å². The third-order valence-corrected chi connectivity index (χ3v) is 6.34. The van der Waals surface area contributed by atoms with E-state index in [2.05, 4.69) is 43.0 Å². The maximum atomic E-state index is 12.4. The molecule has 5 nitrogen and oxygen atoms in total. The topological polar surface area (TPSA) is 53.0 Å². The number of anilines is 1. The van der Waals surface area contributed by atoms with Gasteiger partial charge in [-0.2, -0.15) is 0 Å². The van der Waals surface area contributed by atoms with Gasteiger partial charge in [-0.25, -0.2) is 4.79 Å². The predicted molar refractivity (Wildman–Crippen MR) is 103 cm³/mol. The molecule has 26 heavy (non-hydrogen) atoms. The zero-order valence-corrected chi connectivity index (χ0v) is 16.3. The number of nitrogens with zero attached hydrogens (tertiary/aromatic N) is 2. The van der Waals surface area contributed by atoms with Crippen LogP contribution in [0.5, 0.6) is 0 Å². The average Bonchev–Trinajstić information content (AvgIpc) is 2.67. The van der Waals surface area contributed by atoms with Crippen molar-refractivity contribution in [1.29, 1.82) is 0 Å². The number of ether oxygens (including phenoxy) is 1. The third-order valence-electron chi connectivity index (χ3n) is 6.34. The van der Waals surface area contributed by atoms with Crippen LogP contribution in [0.2, 0.25) is 0 Å². The Morgan fingerprint density at radius 1 is 1.23 bits per heavy atom. The SMILES string of the molecule is CCN(CC)c1ccc([C@@H]2[C@@H]3CCCC[C@@]3(O)CCN2C(=O)OC)cc1. The average molecular weight is 360 g/mol. The molecule has 1 aromatic rings. The van der Waals surface area contributed by atoms with Crippen molar-refractivity contribution in [3.05, 3.63) is 29.8 Å². The molecule has 1 saturated heterocycles. The molecular formula is C21H32N2O3. The predicted octanol–water partition coefficient (Wildman–Crippen LogP) is 3.97. The number of fused-ring (bicyclic) bond motifs is 1. The fourth-order valence-corrected chi connectivity index (χ4v) is 4.89. The molecule has 3 atom stereocenters. The van der Waals surface area contributed by atoms with Crippen LogP contribution in [0.15, 0.2) is 24.3 Å². The van der Waals surface area contributed by atoms with Crippen LogP contribution in [0.1, 0.15) is 57.6 Å². The summed E-state index contributed by atoms with van der Waals surface area (Å²) >= 11 is 0. The number of hydrogen-bond acceptors (Lipinski definition) is 4. The number of carbonyl (C=O) groups is 1. The standard InChI is InChI=1S/C21H32N2O3/c1-4-22(5-2)17-11-9-16(10-12-17)19-18-8-6-7-13-21(18,25)14-15-23(19)20(24)26-3/h9-12,18-19,25H,4-8,13-15H2,1-3H3/t18-,19+,21+/m0/s1. The van der Waals surface area contributed by atoms with E-state index in [1.165, 1.54) is 12.8 Å². The Morgan fingerprint density at radius 3 is 2.54 bits per heavy atom. The van der Waals surface area contributed by atoms with Gasteiger partial charge in [-0.05, 0) is 50.8 Å². The fourth-order valence-electron chi connectivity index (χ4n) is 4.89. The number of piperidine rings is 1. The van der Waals surface area contributed by atoms with E-state index in [-0.39, 0.29) is 18.1 Å². The van der Waals surface area contributed by atoms with E-state index >= 15 is 0 Å². The number of likely N-dealkylation sites (tertiary alicyclic amines) is 1. The fraction of sp³-hybridized carbons (Fsp3) is 0.667. The summed E-state index contributed by atoms with van der Waals surface area (Å²) in [5.74, 6) is 0.0726. The summed E-state index contributed by atoms with van der Waals surface area (Å²) in [4.78, 5) is 16.5. The zero-order valence-electron chi connectivity index (χ0n) is 16.3. The summed E-state index contributed by atoms with van der Waals surface area (Å²) < 4.78 is 5.05. The Hall–Kier alpha value is -1.75. The highest BCUT2D eigenvalue weighted by Crippen LogP contribution is 2.49. The lowest BCUT2D eigenvalue weighted by atomic mass is 9.66. The maximum Gasteiger partial charge on any atom is 0.410 e. The molecule has 1 aromatic carbocycles. The molecule has 2 aliphatic rings. The molecule has 3 rings (SSSR count). The van der Waals surface area contributed by atoms with Gasteiger partial charge in [0.2, 0.25) is 0 Å². The second-order valence-electron chi connectivity index (χ2n) is 7.58. The molecule has 1 N–H and O–H groups in total. The summed E-state index contributed by atoms with van der Waals surface area (Å²) in [6, 6.07) is 8.39. The van der Waals surface area contributed by atoms with Gasteiger partial charge in [0.05, 0.1) is 18.8 Å². The molecule has 0 aromatic heterocycles. The normalized spacial score (nSPS) is 28.4. The van der Waals surface area contributed by atoms with Crippen LogP contribution >= 0.6 is 0 Å². The third kappa shape index (κ3) is 3.41. The molecular weight excluding hydrogens is 328 g/mol. The van der Waals surface area contributed by atoms with E-state index in [4.69, 9.17) is 4.74 Å². The van der Waals surface area contributed by atoms with Gasteiger partial charge in [0, 0.05) is 31.2 Å². The van der Waals surface area contributed by atoms with E-state index in [0.29, 0.717) is 13.0 Å². The van der Waals surface area contributed by atoms with E-state index < -0.39 is 5.60 Å². The van der Waals surface area contributed by atoms with E-state index in [0.717, 1.165) is 44.3 Å². The highest BCUT2D eigenvalue weighted by molar-refractivity contribution is 5.68. The minimum Gasteiger partial charge on any atom is -0.453 e. The lowest BCUT2D eigenvalue weighted by molar-refractivity contribution is -0.117. The monoisotopic (exact) mass is 360 g/mol. The molecule has 1 saturated carbocycles. The zero-order chi connectivity index (χ0) is 18.7. The molecule has 0 radical (unpaired) electrons. The van der Waals surface area contributed by atoms with Crippen molar-refractivity contribution in [2.24, 2.45) is 5.92 Å². The minimum absolute atomic E-state index is 0.0726. The van der Waals surface area contributed by atoms with Gasteiger partial charge in [0.25, 0.3) is 0 Å². The van der Waals surface area contributed by atoms with Crippen LogP contribution in [0.25, 0.3) is 0 Å². The van der Waals surface area contributed by atoms with Crippen molar-refractivity contribution in [3.8, 4) is 0 Å². The summed E-state index contributed by atoms with van der Waals surface area (Å²) in [5, 5.41) is 11.2. The number of amides is 1. The lowest BCUT2D eigenvalue weighted by Gasteiger charge is -2.52. The van der Waals surface area contributed by atoms with Crippen molar-refractivity contribution in [2.45, 2.75) is 57.6 Å². The molecule has 1 aliphatic heterocycles. The molecule has 144 valence electrons. The number of carbonyl (C=O) groups excluding carboxylic acids is 1. The van der Waals surface area contributed by atoms with Gasteiger partial charge < -0.3 is 19.6 Å². The van der Waals surface area contributed by atoms with Gasteiger partial charge >= 0.3 is 6.09 Å². The number of hydrogen-bond donors (Lipinski definition) is 1. The van der Waals surface area contributed by atoms with Gasteiger partial charge in [-0.3, -0.25) is 0 Å². The number of methoxy groups -OCH3 is 1. The van der Waals surface area contributed by atoms with Crippen molar-refractivity contribution in [2.75, 3.05) is 31.6 Å². The lowest BCUT2D eigenvalue weighted by Crippen LogP contribution is -2.56. The first kappa shape index (κ1) is 19.0. The molecule has 0 unspecified atom stereocenters. The van der Waals surface area contributed by atoms with Gasteiger partial charge in [0.15, 0.2) is 0 Å². The smallest absolute Gasteiger partial charge is 0.410 e. The van der Waals surface area contributed by atoms with Gasteiger partial charge in [-0.1, -0.05) is 25.0 Å². The Labute approximate surface area is 156 Å². The quantitative estimate of drug-likeness (QED) is 0.883. The highest BCUT2D eigenvalue weighted by atomic mass is 16.5. The van der Waals surface area contributed by atoms with Crippen molar-refractivity contribution < 1.29 is 14.6 Å². The maximum absolute atomic E-state index is 12.4. The Balaban J connectivity index is 1.94. The first-order valence-corrected chi connectivity index (χ1v) is 9.96. The number of benzene rings is 1. The van der Waals surface area contributed by atoms with Crippen LogP contribution in [-0.2, 0) is 4.74 Å². The van der Waals surface area contributed by atoms with Crippen LogP contribution in [0.4, 0.5) is 10.5 Å². The summed E-state index contributed by atoms with van der Waals surface area (Å²) in [7, 11) is 1.44. The Kier molecular flexibility index (Phi) is 5.76. The molecule has 1 aliphatic carbocycles. The summed E-state index contributed by atoms with van der Waals surface area (Å²) in [6.45, 7) is 6.79. The first-order valence-electron chi connectivity index (χ1n) is 9.96. The van der Waals surface area contributed by atoms with E-state index in [9.17, 15) is 9.90 Å². The second-order valence-corrected chi connectivity index (χ2v) is 7.58. The van der Waals surface area contributed by atoms with Gasteiger partial charge in [-0.15, -0.1) is 0 Å². The van der Waals surface area contributed by atoms with Crippen molar-refractivity contribution >= 4 is 11.8 Å². The van der Waals surface area contributed by atoms with Crippen LogP contribution in [-0.4, -0.2) is 48.4 Å². The summed E-state index contributed by atoms with van der Waals surface area (Å²) in [5.41, 5.74) is 1.62. The molecule has 2 fully saturated rings. The largest absolute Gasteiger partial charge is 0.453 e. The summed E-state index contributed by atoms with van der Waals surface area (Å²) in [6.07, 6.45) is 4.30. The molecule has 5 heteroatoms. The molecule has 0 bridgehead atoms. The van der Waals surface area contributed by atoms with Crippen LogP contribution < -0.4 is 4.90 Å². The van der Waals surface area contributed by atoms with Crippen LogP contribution in [0.3, 0.4) is 0 Å². The van der Waals surface area contributed by atoms with Crippen LogP contribution in [0, 0.1) is 5.92 Å². The number of rotatable bonds is 4. The molecule has 0 spiro atoms. The Bertz CT molecular complexity index is 614. The molecule has 1 amide bonds. The molecule has 1 heterocycles. The van der Waals surface area contributed by atoms with E-state index in [1.807, 2.05) is 4.90 Å². The van der Waals surface area contributed by atoms with Crippen molar-refractivity contribution in [1.82, 2.24) is 4.90 Å². The van der Waals surface area contributed by atoms with Gasteiger partial charge in [0.1, 0.15) is 0 Å². The minimum atomic E-state index is -0.662. The first-order chi connectivity index (χ1) is 12.5. The number of aliphatic hydroxyl groups is 1. The second kappa shape index (κ2) is 7.87.